The quantitative estimate of drug-likeness (QED) is 0.102. The van der Waals surface area contributed by atoms with Gasteiger partial charge in [-0.05, 0) is 123 Å². The van der Waals surface area contributed by atoms with Gasteiger partial charge >= 0.3 is 12.1 Å². The van der Waals surface area contributed by atoms with Crippen molar-refractivity contribution in [1.82, 2.24) is 10.6 Å². The van der Waals surface area contributed by atoms with Gasteiger partial charge in [-0.25, -0.2) is 15.5 Å². The molecular weight excluding hydrogens is 1020 g/mol. The number of benzene rings is 2. The lowest BCUT2D eigenvalue weighted by atomic mass is 9.46. The zero-order valence-electron chi connectivity index (χ0n) is 43.6. The molecule has 2 aromatic rings. The van der Waals surface area contributed by atoms with Crippen LogP contribution < -0.4 is 26.6 Å². The third-order valence-electron chi connectivity index (χ3n) is 19.0. The van der Waals surface area contributed by atoms with E-state index in [4.69, 9.17) is 29.6 Å². The molecule has 0 unspecified atom stereocenters. The fraction of sp³-hybridized carbons (Fsp3) is 0.607. The lowest BCUT2D eigenvalue weighted by molar-refractivity contribution is -0.271. The minimum Gasteiger partial charge on any atom is -0.479 e. The number of Topliss-reactive ketones (excluding diaryl/α,β-unsaturated/α-hetero) is 1. The number of rotatable bonds is 17. The summed E-state index contributed by atoms with van der Waals surface area (Å²) < 4.78 is 30.2. The van der Waals surface area contributed by atoms with Crippen LogP contribution in [-0.2, 0) is 60.8 Å². The van der Waals surface area contributed by atoms with Crippen molar-refractivity contribution in [2.75, 3.05) is 25.1 Å². The molecule has 78 heavy (non-hydrogen) atoms. The van der Waals surface area contributed by atoms with Crippen LogP contribution in [0, 0.1) is 34.0 Å². The van der Waals surface area contributed by atoms with Gasteiger partial charge in [0.05, 0.1) is 17.9 Å². The number of carbonyl (C=O) groups excluding carboxylic acids is 5. The van der Waals surface area contributed by atoms with Crippen LogP contribution in [-0.4, -0.2) is 140 Å². The highest BCUT2D eigenvalue weighted by atomic mass is 16.7. The number of ketones is 2. The first-order valence-corrected chi connectivity index (χ1v) is 26.9. The predicted molar refractivity (Wildman–Crippen MR) is 271 cm³/mol. The van der Waals surface area contributed by atoms with Gasteiger partial charge < -0.3 is 70.3 Å². The number of nitrogens with one attached hydrogen (secondary N) is 3. The predicted octanol–water partition coefficient (Wildman–Crippen LogP) is 2.46. The highest BCUT2D eigenvalue weighted by Gasteiger charge is 2.76. The van der Waals surface area contributed by atoms with Gasteiger partial charge in [0.25, 0.3) is 0 Å². The minimum atomic E-state index is -1.96. The highest BCUT2D eigenvalue weighted by Crippen LogP contribution is 2.70. The zero-order valence-corrected chi connectivity index (χ0v) is 43.6. The van der Waals surface area contributed by atoms with Crippen molar-refractivity contribution in [1.29, 1.82) is 0 Å². The van der Waals surface area contributed by atoms with Gasteiger partial charge in [-0.2, -0.15) is 0 Å². The summed E-state index contributed by atoms with van der Waals surface area (Å²) >= 11 is 0. The lowest BCUT2D eigenvalue weighted by Gasteiger charge is -2.59. The monoisotopic (exact) mass is 1090 g/mol. The number of fused-ring (bicyclic) bond motifs is 10. The number of ether oxygens (including phenoxy) is 5. The fourth-order valence-corrected chi connectivity index (χ4v) is 15.0. The minimum absolute atomic E-state index is 0.00755. The zero-order chi connectivity index (χ0) is 55.5. The molecule has 7 aliphatic carbocycles. The number of aliphatic carboxylic acids is 1. The van der Waals surface area contributed by atoms with E-state index >= 15 is 0 Å². The first-order valence-electron chi connectivity index (χ1n) is 26.9. The molecule has 22 nitrogen and oxygen atoms in total. The normalized spacial score (nSPS) is 38.2. The second-order valence-electron chi connectivity index (χ2n) is 23.4. The van der Waals surface area contributed by atoms with Crippen molar-refractivity contribution in [2.24, 2.45) is 39.9 Å². The number of hydrogen-bond donors (Lipinski definition) is 10. The van der Waals surface area contributed by atoms with Crippen LogP contribution in [0.4, 0.5) is 10.5 Å². The summed E-state index contributed by atoms with van der Waals surface area (Å²) in [7, 11) is 0. The summed E-state index contributed by atoms with van der Waals surface area (Å²) in [6, 6.07) is 12.4. The third kappa shape index (κ3) is 9.95. The molecule has 0 radical (unpaired) electrons. The van der Waals surface area contributed by atoms with Gasteiger partial charge in [0.1, 0.15) is 43.9 Å². The van der Waals surface area contributed by atoms with Crippen LogP contribution in [0.25, 0.3) is 0 Å². The molecule has 2 heterocycles. The summed E-state index contributed by atoms with van der Waals surface area (Å²) in [6.45, 7) is 2.66. The maximum atomic E-state index is 14.1. The molecule has 9 aliphatic rings. The Morgan fingerprint density at radius 1 is 0.885 bits per heavy atom. The van der Waals surface area contributed by atoms with Gasteiger partial charge in [0, 0.05) is 40.8 Å². The van der Waals surface area contributed by atoms with Crippen molar-refractivity contribution in [3.05, 3.63) is 83.0 Å². The smallest absolute Gasteiger partial charge is 0.407 e. The van der Waals surface area contributed by atoms with E-state index in [9.17, 15) is 59.4 Å². The maximum Gasteiger partial charge on any atom is 0.407 e. The molecule has 22 heteroatoms. The molecule has 422 valence electrons. The number of nitrogens with two attached hydrogens (primary N) is 1. The Morgan fingerprint density at radius 2 is 1.60 bits per heavy atom. The number of carboxylic acid groups (broad SMARTS) is 1. The Labute approximate surface area is 449 Å². The average Bonchev–Trinajstić information content (AvgIpc) is 3.87. The van der Waals surface area contributed by atoms with Crippen molar-refractivity contribution in [3.8, 4) is 5.75 Å². The molecule has 2 aliphatic heterocycles. The van der Waals surface area contributed by atoms with Crippen molar-refractivity contribution in [3.63, 3.8) is 0 Å². The van der Waals surface area contributed by atoms with E-state index in [1.165, 1.54) is 18.2 Å². The Hall–Kier alpha value is -5.66. The number of alkyl carbamates (subject to hydrolysis) is 1. The number of allylic oxidation sites excluding steroid dienone is 4. The molecule has 8 fully saturated rings. The van der Waals surface area contributed by atoms with E-state index in [-0.39, 0.29) is 60.0 Å². The van der Waals surface area contributed by atoms with Crippen LogP contribution in [0.5, 0.6) is 5.75 Å². The van der Waals surface area contributed by atoms with Crippen LogP contribution in [0.1, 0.15) is 107 Å². The third-order valence-corrected chi connectivity index (χ3v) is 19.0. The molecular formula is C56H70N4O18. The molecule has 14 atom stereocenters. The van der Waals surface area contributed by atoms with Crippen molar-refractivity contribution >= 4 is 41.1 Å². The second-order valence-corrected chi connectivity index (χ2v) is 23.4. The molecule has 0 aromatic heterocycles. The Kier molecular flexibility index (Phi) is 15.3. The second kappa shape index (κ2) is 21.4. The highest BCUT2D eigenvalue weighted by molar-refractivity contribution is 6.01. The number of carboxylic acids is 1. The number of aliphatic hydroxyl groups is 5. The van der Waals surface area contributed by atoms with E-state index in [1.807, 2.05) is 25.1 Å². The Morgan fingerprint density at radius 3 is 2.29 bits per heavy atom. The van der Waals surface area contributed by atoms with E-state index in [1.54, 1.807) is 12.2 Å². The summed E-state index contributed by atoms with van der Waals surface area (Å²) in [5, 5.41) is 71.3. The van der Waals surface area contributed by atoms with Crippen LogP contribution in [0.2, 0.25) is 0 Å². The molecule has 11 rings (SSSR count). The number of aliphatic hydroxyl groups excluding tert-OH is 5. The van der Waals surface area contributed by atoms with Gasteiger partial charge in [-0.15, -0.1) is 0 Å². The van der Waals surface area contributed by atoms with E-state index in [0.29, 0.717) is 18.4 Å². The number of carbonyl (C=O) groups is 6. The van der Waals surface area contributed by atoms with Crippen LogP contribution in [0.15, 0.2) is 66.3 Å². The Balaban J connectivity index is 0.744. The first kappa shape index (κ1) is 55.6. The van der Waals surface area contributed by atoms with Gasteiger partial charge in [0.15, 0.2) is 29.6 Å². The van der Waals surface area contributed by atoms with E-state index < -0.39 is 114 Å². The number of hydrogen-bond acceptors (Lipinski definition) is 18. The fourth-order valence-electron chi connectivity index (χ4n) is 15.0. The topological polar surface area (TPSA) is 341 Å². The number of amides is 3. The summed E-state index contributed by atoms with van der Waals surface area (Å²) in [5.41, 5.74) is 0.140. The molecule has 0 spiro atoms. The maximum absolute atomic E-state index is 14.1. The van der Waals surface area contributed by atoms with Gasteiger partial charge in [-0.3, -0.25) is 24.0 Å². The lowest BCUT2D eigenvalue weighted by Crippen LogP contribution is -2.63. The molecule has 2 aromatic carbocycles. The summed E-state index contributed by atoms with van der Waals surface area (Å²) in [4.78, 5) is 80.6. The van der Waals surface area contributed by atoms with Crippen molar-refractivity contribution < 1.29 is 87.9 Å². The SMILES string of the molecule is C[C@]12C=CC(=O)C=C1CC[C@@H]1[C@@H]2[C@@H](O)C[C@@]2(C)[C@H]1C[C@H]1O[C@@H](c3ccc(CC45CCC(NC(=O)OCc6ccc(O[C@@H]7O[C@H](C(=O)O)[C@@H](O)[C@H](O)[C@H]7O)c(NC(=O)CCNC(=O)CON)c6)(CC4)CC5)cc3)O[C@]12C(=O)CO. The summed E-state index contributed by atoms with van der Waals surface area (Å²) in [5.74, 6) is 1.45. The molecule has 11 N–H and O–H groups in total. The van der Waals surface area contributed by atoms with Crippen LogP contribution >= 0.6 is 0 Å². The molecule has 3 amide bonds. The first-order chi connectivity index (χ1) is 37.2. The van der Waals surface area contributed by atoms with Gasteiger partial charge in [-0.1, -0.05) is 55.8 Å². The standard InChI is InChI=1S/C56H70N4O18/c1-52-13-11-33(62)22-32(52)8-9-34-35-23-40-56(39(64)26-61,53(35,2)25-37(63)43(34)52)78-49(76-40)31-6-3-29(4-7-31)24-54-14-17-55(18-15-54,19-16-54)60-51(72)73-27-30-5-10-38(36(21-30)59-41(65)12-20-58-42(66)28-74-57)75-50-46(69)44(67)45(68)47(77-50)48(70)71/h3-7,10-11,13,21-22,34-35,37,40,43-47,49-50,61,63,67-69H,8-9,12,14-20,23-28,57H2,1-2H3,(H,58,66)(H,59,65)(H,60,72)(H,70,71)/t34-,35-,37-,40+,43+,44-,45-,46+,47-,49+,50+,52-,53-,54?,55?,56+/m0/s1. The average molecular weight is 1090 g/mol. The van der Waals surface area contributed by atoms with E-state index in [0.717, 1.165) is 74.5 Å². The van der Waals surface area contributed by atoms with Crippen LogP contribution in [0.3, 0.4) is 0 Å². The molecule has 2 saturated heterocycles. The van der Waals surface area contributed by atoms with E-state index in [2.05, 4.69) is 39.8 Å². The Bertz CT molecular complexity index is 2730. The number of anilines is 1. The molecule has 2 bridgehead atoms. The summed E-state index contributed by atoms with van der Waals surface area (Å²) in [6.07, 6.45) is 0.630. The largest absolute Gasteiger partial charge is 0.479 e. The van der Waals surface area contributed by atoms with Gasteiger partial charge in [0.2, 0.25) is 18.1 Å². The molecule has 6 saturated carbocycles. The van der Waals surface area contributed by atoms with Crippen molar-refractivity contribution in [2.45, 2.75) is 158 Å².